The van der Waals surface area contributed by atoms with Crippen molar-refractivity contribution in [1.29, 1.82) is 0 Å². The van der Waals surface area contributed by atoms with E-state index >= 15 is 0 Å². The van der Waals surface area contributed by atoms with Gasteiger partial charge in [-0.25, -0.2) is 9.59 Å². The molecule has 0 aliphatic heterocycles. The molecule has 0 unspecified atom stereocenters. The number of nitrogens with zero attached hydrogens (tertiary/aromatic N) is 2. The predicted octanol–water partition coefficient (Wildman–Crippen LogP) is 6.84. The fraction of sp³-hybridized carbons (Fsp3) is 0.0667. The highest BCUT2D eigenvalue weighted by Crippen LogP contribution is 2.38. The van der Waals surface area contributed by atoms with Crippen molar-refractivity contribution in [3.8, 4) is 0 Å². The fourth-order valence-electron chi connectivity index (χ4n) is 3.64. The minimum atomic E-state index is -4.91. The van der Waals surface area contributed by atoms with Crippen molar-refractivity contribution in [3.05, 3.63) is 151 Å². The van der Waals surface area contributed by atoms with Crippen LogP contribution in [0, 0.1) is 20.2 Å². The first kappa shape index (κ1) is 37.7. The van der Waals surface area contributed by atoms with Crippen molar-refractivity contribution in [1.82, 2.24) is 0 Å². The lowest BCUT2D eigenvalue weighted by Gasteiger charge is -2.09. The number of benzene rings is 4. The molecule has 0 saturated heterocycles. The van der Waals surface area contributed by atoms with Crippen molar-refractivity contribution in [2.24, 2.45) is 0 Å². The Morgan fingerprint density at radius 2 is 0.792 bits per heavy atom. The van der Waals surface area contributed by atoms with Crippen LogP contribution >= 0.6 is 0 Å². The first-order valence-corrected chi connectivity index (χ1v) is 12.6. The number of carbonyl (C=O) groups excluding carboxylic acids is 2. The smallest absolute Gasteiger partial charge is 0.423 e. The van der Waals surface area contributed by atoms with Crippen LogP contribution in [0.2, 0.25) is 0 Å². The van der Waals surface area contributed by atoms with E-state index in [0.717, 1.165) is 12.1 Å². The van der Waals surface area contributed by atoms with E-state index in [1.54, 1.807) is 36.4 Å². The van der Waals surface area contributed by atoms with Crippen molar-refractivity contribution in [3.63, 3.8) is 0 Å². The van der Waals surface area contributed by atoms with Crippen molar-refractivity contribution in [2.75, 3.05) is 0 Å². The van der Waals surface area contributed by atoms with Crippen LogP contribution in [0.5, 0.6) is 0 Å². The van der Waals surface area contributed by atoms with Gasteiger partial charge in [0, 0.05) is 34.4 Å². The molecule has 0 aliphatic carbocycles. The van der Waals surface area contributed by atoms with E-state index in [9.17, 15) is 56.2 Å². The maximum atomic E-state index is 12.8. The summed E-state index contributed by atoms with van der Waals surface area (Å²) < 4.78 is 77.0. The second kappa shape index (κ2) is 15.7. The Bertz CT molecular complexity index is 1710. The summed E-state index contributed by atoms with van der Waals surface area (Å²) in [5.41, 5.74) is -5.11. The molecular weight excluding hydrogens is 662 g/mol. The van der Waals surface area contributed by atoms with Gasteiger partial charge in [-0.05, 0) is 24.3 Å². The van der Waals surface area contributed by atoms with Gasteiger partial charge in [-0.3, -0.25) is 29.8 Å². The maximum Gasteiger partial charge on any atom is 0.423 e. The third-order valence-corrected chi connectivity index (χ3v) is 5.78. The van der Waals surface area contributed by atoms with Gasteiger partial charge >= 0.3 is 24.3 Å². The van der Waals surface area contributed by atoms with E-state index in [-0.39, 0.29) is 22.3 Å². The van der Waals surface area contributed by atoms with Crippen LogP contribution in [0.3, 0.4) is 0 Å². The average Bonchev–Trinajstić information content (AvgIpc) is 3.04. The molecule has 4 rings (SSSR count). The highest BCUT2D eigenvalue weighted by atomic mass is 19.4. The van der Waals surface area contributed by atoms with Crippen molar-refractivity contribution >= 4 is 34.9 Å². The summed E-state index contributed by atoms with van der Waals surface area (Å²) in [5, 5.41) is 36.1. The van der Waals surface area contributed by atoms with Gasteiger partial charge in [0.25, 0.3) is 11.4 Å². The van der Waals surface area contributed by atoms with Gasteiger partial charge in [-0.15, -0.1) is 0 Å². The van der Waals surface area contributed by atoms with Crippen LogP contribution < -0.4 is 0 Å². The van der Waals surface area contributed by atoms with Crippen LogP contribution in [0.25, 0.3) is 0 Å². The predicted molar refractivity (Wildman–Crippen MR) is 151 cm³/mol. The molecule has 4 aromatic carbocycles. The Kier molecular flexibility index (Phi) is 12.3. The van der Waals surface area contributed by atoms with Gasteiger partial charge in [-0.2, -0.15) is 26.3 Å². The Morgan fingerprint density at radius 1 is 0.500 bits per heavy atom. The molecule has 4 aromatic rings. The Hall–Kier alpha value is -6.46. The molecule has 18 heteroatoms. The molecule has 0 aliphatic rings. The summed E-state index contributed by atoms with van der Waals surface area (Å²) in [4.78, 5) is 61.4. The molecule has 0 aromatic heterocycles. The van der Waals surface area contributed by atoms with Gasteiger partial charge in [0.2, 0.25) is 0 Å². The molecular formula is C30H18F6N2O10. The van der Waals surface area contributed by atoms with Crippen LogP contribution in [-0.2, 0) is 21.9 Å². The van der Waals surface area contributed by atoms with Crippen LogP contribution in [-0.4, -0.2) is 43.6 Å². The highest BCUT2D eigenvalue weighted by Gasteiger charge is 2.40. The van der Waals surface area contributed by atoms with Gasteiger partial charge in [-0.1, -0.05) is 60.7 Å². The van der Waals surface area contributed by atoms with Gasteiger partial charge in [0.15, 0.2) is 11.6 Å². The van der Waals surface area contributed by atoms with Crippen LogP contribution in [0.1, 0.15) is 43.0 Å². The fourth-order valence-corrected chi connectivity index (χ4v) is 3.64. The molecule has 0 spiro atoms. The minimum Gasteiger partial charge on any atom is -0.473 e. The third kappa shape index (κ3) is 10.3. The lowest BCUT2D eigenvalue weighted by Crippen LogP contribution is -2.11. The van der Waals surface area contributed by atoms with E-state index in [4.69, 9.17) is 19.8 Å². The highest BCUT2D eigenvalue weighted by molar-refractivity contribution is 6.27. The zero-order valence-corrected chi connectivity index (χ0v) is 23.6. The van der Waals surface area contributed by atoms with Crippen molar-refractivity contribution in [2.45, 2.75) is 12.4 Å². The summed E-state index contributed by atoms with van der Waals surface area (Å²) in [6, 6.07) is 19.9. The average molecular weight is 680 g/mol. The number of carbonyl (C=O) groups is 4. The largest absolute Gasteiger partial charge is 0.473 e. The van der Waals surface area contributed by atoms with Crippen LogP contribution in [0.15, 0.2) is 97.1 Å². The quantitative estimate of drug-likeness (QED) is 0.0715. The number of alkyl halides is 6. The summed E-state index contributed by atoms with van der Waals surface area (Å²) >= 11 is 0. The van der Waals surface area contributed by atoms with Crippen molar-refractivity contribution < 1.29 is 65.6 Å². The summed E-state index contributed by atoms with van der Waals surface area (Å²) in [6.45, 7) is 0. The number of aliphatic carboxylic acids is 2. The second-order valence-corrected chi connectivity index (χ2v) is 8.97. The summed E-state index contributed by atoms with van der Waals surface area (Å²) in [6.07, 6.45) is -9.81. The van der Waals surface area contributed by atoms with E-state index in [0.29, 0.717) is 24.3 Å². The molecule has 250 valence electrons. The molecule has 0 radical (unpaired) electrons. The number of halogens is 6. The maximum absolute atomic E-state index is 12.8. The monoisotopic (exact) mass is 680 g/mol. The first-order valence-electron chi connectivity index (χ1n) is 12.6. The molecule has 12 nitrogen and oxygen atoms in total. The van der Waals surface area contributed by atoms with E-state index in [1.807, 2.05) is 0 Å². The Labute approximate surface area is 263 Å². The molecule has 0 saturated carbocycles. The van der Waals surface area contributed by atoms with E-state index in [1.165, 1.54) is 24.3 Å². The molecule has 0 amide bonds. The zero-order chi connectivity index (χ0) is 36.4. The summed E-state index contributed by atoms with van der Waals surface area (Å²) in [5.74, 6) is -4.91. The SMILES string of the molecule is O=C(O)C(=O)O.O=C(c1ccccc1)c1ccc([N+](=O)[O-])c(C(F)(F)F)c1.O=C(c1ccccc1)c1ccc([N+](=O)[O-])c(C(F)(F)F)c1. The Morgan fingerprint density at radius 3 is 1.02 bits per heavy atom. The number of rotatable bonds is 6. The third-order valence-electron chi connectivity index (χ3n) is 5.78. The number of nitro benzene ring substituents is 2. The Balaban J connectivity index is 0.000000286. The number of hydrogen-bond acceptors (Lipinski definition) is 8. The normalized spacial score (nSPS) is 10.7. The lowest BCUT2D eigenvalue weighted by atomic mass is 10.00. The molecule has 0 bridgehead atoms. The second-order valence-electron chi connectivity index (χ2n) is 8.97. The van der Waals surface area contributed by atoms with E-state index < -0.39 is 68.2 Å². The molecule has 2 N–H and O–H groups in total. The number of carboxylic acid groups (broad SMARTS) is 2. The van der Waals surface area contributed by atoms with Crippen LogP contribution in [0.4, 0.5) is 37.7 Å². The van der Waals surface area contributed by atoms with Gasteiger partial charge < -0.3 is 10.2 Å². The van der Waals surface area contributed by atoms with Gasteiger partial charge in [0.05, 0.1) is 9.85 Å². The lowest BCUT2D eigenvalue weighted by molar-refractivity contribution is -0.388. The summed E-state index contributed by atoms with van der Waals surface area (Å²) in [7, 11) is 0. The molecule has 0 heterocycles. The topological polar surface area (TPSA) is 195 Å². The number of carboxylic acids is 2. The number of ketones is 2. The minimum absolute atomic E-state index is 0.208. The van der Waals surface area contributed by atoms with Gasteiger partial charge in [0.1, 0.15) is 11.1 Å². The molecule has 48 heavy (non-hydrogen) atoms. The number of hydrogen-bond donors (Lipinski definition) is 2. The molecule has 0 fully saturated rings. The van der Waals surface area contributed by atoms with E-state index in [2.05, 4.69) is 0 Å². The number of nitro groups is 2. The first-order chi connectivity index (χ1) is 22.2. The molecule has 0 atom stereocenters. The zero-order valence-electron chi connectivity index (χ0n) is 23.6. The standard InChI is InChI=1S/2C14H8F3NO3.C2H2O4/c2*15-14(16,17)11-8-10(6-7-12(11)18(20)21)13(19)9-4-2-1-3-5-9;3-1(4)2(5)6/h2*1-8H;(H,3,4)(H,5,6).